The van der Waals surface area contributed by atoms with Crippen molar-refractivity contribution >= 4 is 11.8 Å². The van der Waals surface area contributed by atoms with Crippen molar-refractivity contribution < 1.29 is 5.11 Å². The van der Waals surface area contributed by atoms with Crippen LogP contribution in [0, 0.1) is 5.92 Å². The van der Waals surface area contributed by atoms with Crippen molar-refractivity contribution in [2.75, 3.05) is 43.9 Å². The molecular weight excluding hydrogens is 438 g/mol. The number of pyridine rings is 1. The highest BCUT2D eigenvalue weighted by Crippen LogP contribution is 2.34. The molecule has 0 bridgehead atoms. The van der Waals surface area contributed by atoms with Gasteiger partial charge in [0.15, 0.2) is 0 Å². The second-order valence-electron chi connectivity index (χ2n) is 11.0. The Bertz CT molecular complexity index is 949. The Balaban J connectivity index is 1.31. The van der Waals surface area contributed by atoms with Crippen molar-refractivity contribution in [2.45, 2.75) is 76.6 Å². The van der Waals surface area contributed by atoms with Gasteiger partial charge in [0.2, 0.25) is 5.95 Å². The molecule has 1 saturated heterocycles. The number of likely N-dealkylation sites (N-methyl/N-ethyl adjacent to an activating group) is 1. The number of nitrogens with zero attached hydrogens (tertiary/aromatic N) is 5. The van der Waals surface area contributed by atoms with E-state index in [4.69, 9.17) is 9.97 Å². The Hall–Kier alpha value is -2.29. The molecule has 2 aliphatic carbocycles. The van der Waals surface area contributed by atoms with Crippen LogP contribution in [0.3, 0.4) is 0 Å². The van der Waals surface area contributed by atoms with Crippen LogP contribution in [0.4, 0.5) is 11.8 Å². The zero-order chi connectivity index (χ0) is 24.2. The second-order valence-corrected chi connectivity index (χ2v) is 11.0. The van der Waals surface area contributed by atoms with Gasteiger partial charge in [0.1, 0.15) is 5.82 Å². The lowest BCUT2D eigenvalue weighted by Gasteiger charge is -2.32. The van der Waals surface area contributed by atoms with Gasteiger partial charge in [-0.2, -0.15) is 4.98 Å². The molecule has 3 N–H and O–H groups in total. The van der Waals surface area contributed by atoms with Crippen LogP contribution in [-0.2, 0) is 6.54 Å². The summed E-state index contributed by atoms with van der Waals surface area (Å²) in [6.45, 7) is 7.60. The third kappa shape index (κ3) is 6.90. The Morgan fingerprint density at radius 3 is 2.46 bits per heavy atom. The zero-order valence-corrected chi connectivity index (χ0v) is 21.3. The van der Waals surface area contributed by atoms with E-state index in [-0.39, 0.29) is 6.10 Å². The average Bonchev–Trinajstić information content (AvgIpc) is 3.67. The molecule has 5 rings (SSSR count). The first-order valence-corrected chi connectivity index (χ1v) is 13.5. The van der Waals surface area contributed by atoms with Gasteiger partial charge in [0.25, 0.3) is 0 Å². The van der Waals surface area contributed by atoms with Crippen LogP contribution in [0.1, 0.15) is 57.4 Å². The van der Waals surface area contributed by atoms with E-state index in [0.29, 0.717) is 18.0 Å². The molecule has 3 aliphatic rings. The smallest absolute Gasteiger partial charge is 0.224 e. The molecular formula is C27H41N7O. The molecule has 0 aromatic carbocycles. The molecule has 0 spiro atoms. The first kappa shape index (κ1) is 24.4. The number of nitrogens with one attached hydrogen (secondary N) is 2. The van der Waals surface area contributed by atoms with Gasteiger partial charge < -0.3 is 20.6 Å². The van der Waals surface area contributed by atoms with Crippen molar-refractivity contribution in [1.82, 2.24) is 24.8 Å². The van der Waals surface area contributed by atoms with Gasteiger partial charge in [-0.25, -0.2) is 4.98 Å². The first-order chi connectivity index (χ1) is 17.0. The maximum Gasteiger partial charge on any atom is 0.224 e. The van der Waals surface area contributed by atoms with Gasteiger partial charge in [0, 0.05) is 57.2 Å². The molecule has 190 valence electrons. The van der Waals surface area contributed by atoms with E-state index in [2.05, 4.69) is 51.5 Å². The predicted octanol–water partition coefficient (Wildman–Crippen LogP) is 3.60. The molecule has 2 aromatic rings. The standard InChI is InChI=1S/C27H41N7O/c1-19(15-20-3-4-20)30-27-29-17-24(26(32-27)31-22-6-8-23(35)9-7-22)25-10-5-21(16-28-25)18-34-13-11-33(2)12-14-34/h5,10,16-17,19-20,22-23,35H,3-4,6-9,11-15,18H2,1-2H3,(H2,29,30,31,32)/t19-,22?,23?/m1/s1. The Morgan fingerprint density at radius 2 is 1.77 bits per heavy atom. The summed E-state index contributed by atoms with van der Waals surface area (Å²) in [7, 11) is 2.19. The molecule has 0 unspecified atom stereocenters. The molecule has 2 aromatic heterocycles. The summed E-state index contributed by atoms with van der Waals surface area (Å²) in [6.07, 6.45) is 11.2. The summed E-state index contributed by atoms with van der Waals surface area (Å²) in [5, 5.41) is 17.1. The predicted molar refractivity (Wildman–Crippen MR) is 140 cm³/mol. The lowest BCUT2D eigenvalue weighted by molar-refractivity contribution is 0.126. The van der Waals surface area contributed by atoms with Crippen LogP contribution in [0.15, 0.2) is 24.5 Å². The van der Waals surface area contributed by atoms with Crippen LogP contribution in [0.25, 0.3) is 11.3 Å². The lowest BCUT2D eigenvalue weighted by Crippen LogP contribution is -2.43. The largest absolute Gasteiger partial charge is 0.393 e. The van der Waals surface area contributed by atoms with Crippen LogP contribution < -0.4 is 10.6 Å². The molecule has 3 fully saturated rings. The van der Waals surface area contributed by atoms with Crippen molar-refractivity contribution in [3.05, 3.63) is 30.1 Å². The number of rotatable bonds is 9. The first-order valence-electron chi connectivity index (χ1n) is 13.5. The second kappa shape index (κ2) is 11.2. The highest BCUT2D eigenvalue weighted by Gasteiger charge is 2.25. The fourth-order valence-electron chi connectivity index (χ4n) is 5.24. The normalized spacial score (nSPS) is 24.8. The lowest BCUT2D eigenvalue weighted by atomic mass is 9.93. The monoisotopic (exact) mass is 479 g/mol. The van der Waals surface area contributed by atoms with Crippen LogP contribution in [-0.4, -0.2) is 81.3 Å². The number of aliphatic hydroxyl groups is 1. The maximum atomic E-state index is 9.92. The van der Waals surface area contributed by atoms with Gasteiger partial charge >= 0.3 is 0 Å². The molecule has 35 heavy (non-hydrogen) atoms. The summed E-state index contributed by atoms with van der Waals surface area (Å²) < 4.78 is 0. The number of hydrogen-bond donors (Lipinski definition) is 3. The molecule has 8 heteroatoms. The fourth-order valence-corrected chi connectivity index (χ4v) is 5.24. The quantitative estimate of drug-likeness (QED) is 0.503. The van der Waals surface area contributed by atoms with Crippen molar-refractivity contribution in [2.24, 2.45) is 5.92 Å². The molecule has 2 saturated carbocycles. The summed E-state index contributed by atoms with van der Waals surface area (Å²) in [4.78, 5) is 19.2. The van der Waals surface area contributed by atoms with E-state index < -0.39 is 0 Å². The summed E-state index contributed by atoms with van der Waals surface area (Å²) >= 11 is 0. The van der Waals surface area contributed by atoms with Crippen LogP contribution in [0.5, 0.6) is 0 Å². The minimum absolute atomic E-state index is 0.173. The van der Waals surface area contributed by atoms with Gasteiger partial charge in [-0.15, -0.1) is 0 Å². The third-order valence-electron chi connectivity index (χ3n) is 7.69. The maximum absolute atomic E-state index is 9.92. The third-order valence-corrected chi connectivity index (χ3v) is 7.69. The Labute approximate surface area is 209 Å². The minimum Gasteiger partial charge on any atom is -0.393 e. The number of aliphatic hydroxyl groups excluding tert-OH is 1. The van der Waals surface area contributed by atoms with Crippen molar-refractivity contribution in [1.29, 1.82) is 0 Å². The van der Waals surface area contributed by atoms with Crippen LogP contribution >= 0.6 is 0 Å². The number of hydrogen-bond acceptors (Lipinski definition) is 8. The number of aromatic nitrogens is 3. The van der Waals surface area contributed by atoms with E-state index in [1.54, 1.807) is 0 Å². The van der Waals surface area contributed by atoms with E-state index in [1.165, 1.54) is 24.8 Å². The molecule has 1 atom stereocenters. The minimum atomic E-state index is -0.173. The topological polar surface area (TPSA) is 89.4 Å². The molecule has 0 amide bonds. The molecule has 1 aliphatic heterocycles. The highest BCUT2D eigenvalue weighted by molar-refractivity contribution is 5.73. The summed E-state index contributed by atoms with van der Waals surface area (Å²) in [5.41, 5.74) is 3.06. The molecule has 8 nitrogen and oxygen atoms in total. The van der Waals surface area contributed by atoms with E-state index in [0.717, 1.165) is 81.4 Å². The van der Waals surface area contributed by atoms with Crippen LogP contribution in [0.2, 0.25) is 0 Å². The molecule has 0 radical (unpaired) electrons. The van der Waals surface area contributed by atoms with Crippen molar-refractivity contribution in [3.63, 3.8) is 0 Å². The van der Waals surface area contributed by atoms with E-state index in [9.17, 15) is 5.11 Å². The summed E-state index contributed by atoms with van der Waals surface area (Å²) in [5.74, 6) is 2.37. The number of anilines is 2. The Morgan fingerprint density at radius 1 is 1.00 bits per heavy atom. The van der Waals surface area contributed by atoms with Crippen molar-refractivity contribution in [3.8, 4) is 11.3 Å². The number of piperazine rings is 1. The molecule has 3 heterocycles. The summed E-state index contributed by atoms with van der Waals surface area (Å²) in [6, 6.07) is 4.95. The zero-order valence-electron chi connectivity index (χ0n) is 21.3. The van der Waals surface area contributed by atoms with Gasteiger partial charge in [-0.05, 0) is 63.6 Å². The SMILES string of the molecule is C[C@H](CC1CC1)Nc1ncc(-c2ccc(CN3CCN(C)CC3)cn2)c(NC2CCC(O)CC2)n1. The van der Waals surface area contributed by atoms with E-state index in [1.807, 2.05) is 12.4 Å². The van der Waals surface area contributed by atoms with E-state index >= 15 is 0 Å². The Kier molecular flexibility index (Phi) is 7.80. The highest BCUT2D eigenvalue weighted by atomic mass is 16.3. The van der Waals surface area contributed by atoms with Gasteiger partial charge in [-0.1, -0.05) is 18.9 Å². The fraction of sp³-hybridized carbons (Fsp3) is 0.667. The average molecular weight is 480 g/mol. The van der Waals surface area contributed by atoms with Gasteiger partial charge in [0.05, 0.1) is 17.4 Å². The van der Waals surface area contributed by atoms with Gasteiger partial charge in [-0.3, -0.25) is 9.88 Å².